The molecule has 34 heavy (non-hydrogen) atoms. The first-order chi connectivity index (χ1) is 16.4. The van der Waals surface area contributed by atoms with E-state index >= 15 is 0 Å². The minimum Gasteiger partial charge on any atom is -0.423 e. The molecule has 0 radical (unpaired) electrons. The van der Waals surface area contributed by atoms with Crippen molar-refractivity contribution in [3.05, 3.63) is 107 Å². The topological polar surface area (TPSA) is 92.8 Å². The second-order valence-corrected chi connectivity index (χ2v) is 7.45. The van der Waals surface area contributed by atoms with Crippen LogP contribution in [0.1, 0.15) is 16.7 Å². The van der Waals surface area contributed by atoms with Crippen molar-refractivity contribution in [2.75, 3.05) is 4.90 Å². The fourth-order valence-electron chi connectivity index (χ4n) is 3.41. The van der Waals surface area contributed by atoms with Crippen LogP contribution in [0.15, 0.2) is 90.5 Å². The predicted octanol–water partition coefficient (Wildman–Crippen LogP) is 4.28. The fraction of sp³-hybridized carbons (Fsp3) is 0.0370. The first-order valence-corrected chi connectivity index (χ1v) is 10.4. The lowest BCUT2D eigenvalue weighted by Crippen LogP contribution is -2.54. The Hall–Kier alpha value is -4.78. The number of amides is 4. The SMILES string of the molecule is Cc1ccccc1N1C(=O)NC(=O)/C(=C/c2ccccc2OC(=O)/C=C/c2ccccc2)C1=O. The zero-order valence-electron chi connectivity index (χ0n) is 18.2. The molecule has 0 saturated carbocycles. The number of ether oxygens (including phenoxy) is 1. The van der Waals surface area contributed by atoms with Crippen molar-refractivity contribution in [1.29, 1.82) is 0 Å². The first kappa shape index (κ1) is 22.4. The number of barbiturate groups is 1. The number of nitrogens with one attached hydrogen (secondary N) is 1. The lowest BCUT2D eigenvalue weighted by Gasteiger charge is -2.27. The van der Waals surface area contributed by atoms with Gasteiger partial charge in [0.25, 0.3) is 11.8 Å². The van der Waals surface area contributed by atoms with Gasteiger partial charge in [-0.25, -0.2) is 14.5 Å². The van der Waals surface area contributed by atoms with Crippen LogP contribution < -0.4 is 15.0 Å². The molecule has 0 unspecified atom stereocenters. The number of rotatable bonds is 5. The van der Waals surface area contributed by atoms with Gasteiger partial charge in [-0.3, -0.25) is 14.9 Å². The Morgan fingerprint density at radius 1 is 0.882 bits per heavy atom. The maximum atomic E-state index is 13.2. The van der Waals surface area contributed by atoms with Gasteiger partial charge in [0, 0.05) is 11.6 Å². The number of carbonyl (C=O) groups is 4. The number of hydrogen-bond donors (Lipinski definition) is 1. The molecule has 4 rings (SSSR count). The van der Waals surface area contributed by atoms with Crippen molar-refractivity contribution < 1.29 is 23.9 Å². The molecule has 1 saturated heterocycles. The summed E-state index contributed by atoms with van der Waals surface area (Å²) in [5.74, 6) is -2.05. The van der Waals surface area contributed by atoms with E-state index in [0.29, 0.717) is 16.8 Å². The smallest absolute Gasteiger partial charge is 0.336 e. The van der Waals surface area contributed by atoms with Crippen LogP contribution in [0.3, 0.4) is 0 Å². The number of imide groups is 2. The van der Waals surface area contributed by atoms with Gasteiger partial charge in [-0.2, -0.15) is 0 Å². The van der Waals surface area contributed by atoms with Crippen LogP contribution in [0.4, 0.5) is 10.5 Å². The molecule has 1 fully saturated rings. The molecule has 3 aromatic rings. The number of para-hydroxylation sites is 2. The van der Waals surface area contributed by atoms with Gasteiger partial charge in [-0.05, 0) is 42.3 Å². The normalized spacial score (nSPS) is 15.0. The zero-order valence-corrected chi connectivity index (χ0v) is 18.2. The Labute approximate surface area is 196 Å². The Morgan fingerprint density at radius 3 is 2.32 bits per heavy atom. The Kier molecular flexibility index (Phi) is 6.45. The molecule has 0 bridgehead atoms. The highest BCUT2D eigenvalue weighted by Crippen LogP contribution is 2.27. The maximum absolute atomic E-state index is 13.2. The lowest BCUT2D eigenvalue weighted by molar-refractivity contribution is -0.129. The second kappa shape index (κ2) is 9.79. The van der Waals surface area contributed by atoms with Gasteiger partial charge >= 0.3 is 12.0 Å². The Morgan fingerprint density at radius 2 is 1.56 bits per heavy atom. The number of aryl methyl sites for hydroxylation is 1. The van der Waals surface area contributed by atoms with E-state index in [-0.39, 0.29) is 11.3 Å². The quantitative estimate of drug-likeness (QED) is 0.270. The number of anilines is 1. The highest BCUT2D eigenvalue weighted by Gasteiger charge is 2.37. The number of benzene rings is 3. The molecule has 1 heterocycles. The minimum atomic E-state index is -0.829. The van der Waals surface area contributed by atoms with E-state index in [1.54, 1.807) is 61.5 Å². The van der Waals surface area contributed by atoms with Gasteiger partial charge in [0.05, 0.1) is 5.69 Å². The van der Waals surface area contributed by atoms with Gasteiger partial charge in [0.2, 0.25) is 0 Å². The molecule has 0 aliphatic carbocycles. The summed E-state index contributed by atoms with van der Waals surface area (Å²) in [4.78, 5) is 51.4. The number of urea groups is 1. The van der Waals surface area contributed by atoms with Crippen molar-refractivity contribution in [2.24, 2.45) is 0 Å². The summed E-state index contributed by atoms with van der Waals surface area (Å²) in [6.45, 7) is 1.76. The summed E-state index contributed by atoms with van der Waals surface area (Å²) in [5.41, 5.74) is 1.97. The average molecular weight is 452 g/mol. The van der Waals surface area contributed by atoms with E-state index in [1.807, 2.05) is 30.3 Å². The van der Waals surface area contributed by atoms with Crippen molar-refractivity contribution in [3.8, 4) is 5.75 Å². The molecule has 0 aromatic heterocycles. The average Bonchev–Trinajstić information content (AvgIpc) is 2.83. The van der Waals surface area contributed by atoms with E-state index in [9.17, 15) is 19.2 Å². The highest BCUT2D eigenvalue weighted by atomic mass is 16.5. The van der Waals surface area contributed by atoms with Gasteiger partial charge in [0.1, 0.15) is 11.3 Å². The van der Waals surface area contributed by atoms with Crippen molar-refractivity contribution >= 4 is 41.7 Å². The van der Waals surface area contributed by atoms with Crippen molar-refractivity contribution in [2.45, 2.75) is 6.92 Å². The molecule has 1 aliphatic rings. The monoisotopic (exact) mass is 452 g/mol. The van der Waals surface area contributed by atoms with E-state index in [0.717, 1.165) is 10.5 Å². The molecule has 4 amide bonds. The molecule has 0 spiro atoms. The molecule has 0 atom stereocenters. The van der Waals surface area contributed by atoms with E-state index in [4.69, 9.17) is 4.74 Å². The van der Waals surface area contributed by atoms with Gasteiger partial charge in [0.15, 0.2) is 0 Å². The minimum absolute atomic E-state index is 0.164. The Balaban J connectivity index is 1.62. The maximum Gasteiger partial charge on any atom is 0.336 e. The largest absolute Gasteiger partial charge is 0.423 e. The first-order valence-electron chi connectivity index (χ1n) is 10.4. The third-order valence-corrected chi connectivity index (χ3v) is 5.10. The number of nitrogens with zero attached hydrogens (tertiary/aromatic N) is 1. The molecule has 7 heteroatoms. The molecule has 7 nitrogen and oxygen atoms in total. The van der Waals surface area contributed by atoms with Crippen LogP contribution in [-0.2, 0) is 14.4 Å². The molecular weight excluding hydrogens is 432 g/mol. The summed E-state index contributed by atoms with van der Waals surface area (Å²) in [6, 6.07) is 21.8. The highest BCUT2D eigenvalue weighted by molar-refractivity contribution is 6.39. The zero-order chi connectivity index (χ0) is 24.1. The van der Waals surface area contributed by atoms with Crippen LogP contribution in [0, 0.1) is 6.92 Å². The number of hydrogen-bond acceptors (Lipinski definition) is 5. The third kappa shape index (κ3) is 4.83. The molecule has 168 valence electrons. The summed E-state index contributed by atoms with van der Waals surface area (Å²) < 4.78 is 5.44. The van der Waals surface area contributed by atoms with Crippen LogP contribution in [-0.4, -0.2) is 23.8 Å². The lowest BCUT2D eigenvalue weighted by atomic mass is 10.1. The summed E-state index contributed by atoms with van der Waals surface area (Å²) in [7, 11) is 0. The van der Waals surface area contributed by atoms with Gasteiger partial charge in [-0.15, -0.1) is 0 Å². The van der Waals surface area contributed by atoms with Crippen molar-refractivity contribution in [1.82, 2.24) is 5.32 Å². The van der Waals surface area contributed by atoms with Crippen molar-refractivity contribution in [3.63, 3.8) is 0 Å². The molecule has 3 aromatic carbocycles. The van der Waals surface area contributed by atoms with Crippen LogP contribution in [0.2, 0.25) is 0 Å². The fourth-order valence-corrected chi connectivity index (χ4v) is 3.41. The van der Waals surface area contributed by atoms with Crippen LogP contribution >= 0.6 is 0 Å². The standard InChI is InChI=1S/C27H20N2O5/c1-18-9-5-7-13-22(18)29-26(32)21(25(31)28-27(29)33)17-20-12-6-8-14-23(20)34-24(30)16-15-19-10-3-2-4-11-19/h2-17H,1H3,(H,28,31,33)/b16-15+,21-17-. The van der Waals surface area contributed by atoms with E-state index in [1.165, 1.54) is 12.2 Å². The Bertz CT molecular complexity index is 1340. The van der Waals surface area contributed by atoms with Gasteiger partial charge in [-0.1, -0.05) is 66.7 Å². The molecule has 1 aliphatic heterocycles. The van der Waals surface area contributed by atoms with E-state index in [2.05, 4.69) is 5.32 Å². The predicted molar refractivity (Wildman–Crippen MR) is 128 cm³/mol. The number of carbonyl (C=O) groups excluding carboxylic acids is 4. The van der Waals surface area contributed by atoms with Gasteiger partial charge < -0.3 is 4.74 Å². The summed E-state index contributed by atoms with van der Waals surface area (Å²) in [6.07, 6.45) is 4.21. The molecule has 1 N–H and O–H groups in total. The number of esters is 1. The second-order valence-electron chi connectivity index (χ2n) is 7.45. The third-order valence-electron chi connectivity index (χ3n) is 5.10. The van der Waals surface area contributed by atoms with E-state index < -0.39 is 23.8 Å². The van der Waals surface area contributed by atoms with Crippen LogP contribution in [0.5, 0.6) is 5.75 Å². The summed E-state index contributed by atoms with van der Waals surface area (Å²) in [5, 5.41) is 2.19. The molecular formula is C27H20N2O5. The summed E-state index contributed by atoms with van der Waals surface area (Å²) >= 11 is 0. The van der Waals surface area contributed by atoms with Crippen LogP contribution in [0.25, 0.3) is 12.2 Å².